The monoisotopic (exact) mass is 262 g/mol. The number of aliphatic carboxylic acids is 1. The number of nitrogens with one attached hydrogen (secondary N) is 2. The zero-order chi connectivity index (χ0) is 13.7. The van der Waals surface area contributed by atoms with Crippen molar-refractivity contribution in [2.75, 3.05) is 13.1 Å². The molecule has 5 heteroatoms. The van der Waals surface area contributed by atoms with Gasteiger partial charge in [-0.05, 0) is 18.4 Å². The number of carbonyl (C=O) groups is 2. The highest BCUT2D eigenvalue weighted by molar-refractivity contribution is 5.82. The molecule has 0 radical (unpaired) electrons. The molecule has 2 rings (SSSR count). The van der Waals surface area contributed by atoms with Crippen molar-refractivity contribution in [3.05, 3.63) is 35.9 Å². The van der Waals surface area contributed by atoms with Crippen LogP contribution >= 0.6 is 0 Å². The van der Waals surface area contributed by atoms with Crippen LogP contribution in [0.25, 0.3) is 0 Å². The molecule has 1 saturated heterocycles. The molecule has 1 aromatic carbocycles. The van der Waals surface area contributed by atoms with Crippen LogP contribution in [0.4, 0.5) is 0 Å². The second kappa shape index (κ2) is 6.33. The minimum absolute atomic E-state index is 0.0385. The van der Waals surface area contributed by atoms with E-state index in [4.69, 9.17) is 0 Å². The molecule has 1 amide bonds. The molecule has 0 aliphatic carbocycles. The van der Waals surface area contributed by atoms with Gasteiger partial charge in [-0.2, -0.15) is 0 Å². The quantitative estimate of drug-likeness (QED) is 0.730. The van der Waals surface area contributed by atoms with Gasteiger partial charge >= 0.3 is 5.97 Å². The second-order valence-electron chi connectivity index (χ2n) is 4.70. The molecule has 0 spiro atoms. The fourth-order valence-electron chi connectivity index (χ4n) is 2.26. The Morgan fingerprint density at radius 3 is 2.79 bits per heavy atom. The Morgan fingerprint density at radius 1 is 1.42 bits per heavy atom. The lowest BCUT2D eigenvalue weighted by Gasteiger charge is -2.24. The Morgan fingerprint density at radius 2 is 2.16 bits per heavy atom. The zero-order valence-corrected chi connectivity index (χ0v) is 10.6. The Bertz CT molecular complexity index is 447. The van der Waals surface area contributed by atoms with E-state index < -0.39 is 11.9 Å². The van der Waals surface area contributed by atoms with Crippen molar-refractivity contribution < 1.29 is 14.7 Å². The summed E-state index contributed by atoms with van der Waals surface area (Å²) in [6, 6.07) is 8.80. The fraction of sp³-hybridized carbons (Fsp3) is 0.429. The number of hydrogen-bond acceptors (Lipinski definition) is 3. The Kier molecular flexibility index (Phi) is 4.52. The standard InChI is InChI=1S/C14H18N2O3/c17-13-12(7-4-8-15-13)16-9-11(14(18)19)10-5-2-1-3-6-10/h1-3,5-6,11-12,16H,4,7-9H2,(H,15,17)(H,18,19). The predicted molar refractivity (Wildman–Crippen MR) is 70.9 cm³/mol. The van der Waals surface area contributed by atoms with Gasteiger partial charge in [0.15, 0.2) is 0 Å². The third kappa shape index (κ3) is 3.54. The van der Waals surface area contributed by atoms with Crippen molar-refractivity contribution in [3.63, 3.8) is 0 Å². The van der Waals surface area contributed by atoms with Gasteiger partial charge in [-0.3, -0.25) is 9.59 Å². The number of rotatable bonds is 5. The maximum Gasteiger partial charge on any atom is 0.312 e. The molecule has 0 saturated carbocycles. The van der Waals surface area contributed by atoms with E-state index >= 15 is 0 Å². The molecule has 0 bridgehead atoms. The van der Waals surface area contributed by atoms with E-state index in [-0.39, 0.29) is 18.5 Å². The highest BCUT2D eigenvalue weighted by atomic mass is 16.4. The molecule has 1 fully saturated rings. The smallest absolute Gasteiger partial charge is 0.312 e. The average molecular weight is 262 g/mol. The number of carboxylic acid groups (broad SMARTS) is 1. The third-order valence-electron chi connectivity index (χ3n) is 3.35. The lowest BCUT2D eigenvalue weighted by molar-refractivity contribution is -0.139. The van der Waals surface area contributed by atoms with Crippen molar-refractivity contribution in [3.8, 4) is 0 Å². The van der Waals surface area contributed by atoms with Crippen molar-refractivity contribution in [2.45, 2.75) is 24.8 Å². The normalized spacial score (nSPS) is 20.6. The molecular formula is C14H18N2O3. The van der Waals surface area contributed by atoms with Crippen LogP contribution in [0, 0.1) is 0 Å². The number of piperidine rings is 1. The average Bonchev–Trinajstić information content (AvgIpc) is 2.42. The summed E-state index contributed by atoms with van der Waals surface area (Å²) in [7, 11) is 0. The summed E-state index contributed by atoms with van der Waals surface area (Å²) in [5.41, 5.74) is 0.749. The fourth-order valence-corrected chi connectivity index (χ4v) is 2.26. The molecular weight excluding hydrogens is 244 g/mol. The topological polar surface area (TPSA) is 78.4 Å². The SMILES string of the molecule is O=C1NCCCC1NCC(C(=O)O)c1ccccc1. The van der Waals surface area contributed by atoms with Crippen LogP contribution < -0.4 is 10.6 Å². The summed E-state index contributed by atoms with van der Waals surface area (Å²) < 4.78 is 0. The molecule has 1 aromatic rings. The zero-order valence-electron chi connectivity index (χ0n) is 10.6. The van der Waals surface area contributed by atoms with Crippen LogP contribution in [0.5, 0.6) is 0 Å². The van der Waals surface area contributed by atoms with Gasteiger partial charge in [0.1, 0.15) is 0 Å². The van der Waals surface area contributed by atoms with E-state index in [0.717, 1.165) is 18.4 Å². The van der Waals surface area contributed by atoms with Gasteiger partial charge in [0.05, 0.1) is 12.0 Å². The van der Waals surface area contributed by atoms with Crippen molar-refractivity contribution in [2.24, 2.45) is 0 Å². The van der Waals surface area contributed by atoms with Crippen LogP contribution in [0.1, 0.15) is 24.3 Å². The van der Waals surface area contributed by atoms with Crippen LogP contribution in [0.2, 0.25) is 0 Å². The molecule has 2 atom stereocenters. The molecule has 102 valence electrons. The van der Waals surface area contributed by atoms with Crippen molar-refractivity contribution in [1.82, 2.24) is 10.6 Å². The Hall–Kier alpha value is -1.88. The third-order valence-corrected chi connectivity index (χ3v) is 3.35. The number of hydrogen-bond donors (Lipinski definition) is 3. The molecule has 19 heavy (non-hydrogen) atoms. The predicted octanol–water partition coefficient (Wildman–Crippen LogP) is 0.723. The number of benzene rings is 1. The van der Waals surface area contributed by atoms with Crippen LogP contribution in [-0.4, -0.2) is 36.1 Å². The summed E-state index contributed by atoms with van der Waals surface area (Å²) >= 11 is 0. The van der Waals surface area contributed by atoms with E-state index in [2.05, 4.69) is 10.6 Å². The molecule has 1 aliphatic heterocycles. The summed E-state index contributed by atoms with van der Waals surface area (Å²) in [6.07, 6.45) is 1.68. The van der Waals surface area contributed by atoms with Crippen LogP contribution in [-0.2, 0) is 9.59 Å². The van der Waals surface area contributed by atoms with Gasteiger partial charge in [0.25, 0.3) is 0 Å². The number of amides is 1. The van der Waals surface area contributed by atoms with E-state index in [9.17, 15) is 14.7 Å². The molecule has 1 aliphatic rings. The number of carboxylic acids is 1. The first-order valence-electron chi connectivity index (χ1n) is 6.47. The highest BCUT2D eigenvalue weighted by Crippen LogP contribution is 2.15. The van der Waals surface area contributed by atoms with Gasteiger partial charge in [-0.15, -0.1) is 0 Å². The minimum Gasteiger partial charge on any atom is -0.481 e. The maximum atomic E-state index is 11.6. The lowest BCUT2D eigenvalue weighted by Crippen LogP contribution is -2.49. The summed E-state index contributed by atoms with van der Waals surface area (Å²) in [6.45, 7) is 0.968. The Balaban J connectivity index is 1.98. The van der Waals surface area contributed by atoms with E-state index in [0.29, 0.717) is 6.54 Å². The van der Waals surface area contributed by atoms with Crippen LogP contribution in [0.3, 0.4) is 0 Å². The van der Waals surface area contributed by atoms with Crippen molar-refractivity contribution in [1.29, 1.82) is 0 Å². The van der Waals surface area contributed by atoms with Gasteiger partial charge in [0.2, 0.25) is 5.91 Å². The number of carbonyl (C=O) groups excluding carboxylic acids is 1. The highest BCUT2D eigenvalue weighted by Gasteiger charge is 2.25. The molecule has 1 heterocycles. The Labute approximate surface area is 112 Å². The molecule has 0 aromatic heterocycles. The largest absolute Gasteiger partial charge is 0.481 e. The first-order valence-corrected chi connectivity index (χ1v) is 6.47. The van der Waals surface area contributed by atoms with Gasteiger partial charge < -0.3 is 15.7 Å². The molecule has 5 nitrogen and oxygen atoms in total. The van der Waals surface area contributed by atoms with E-state index in [1.807, 2.05) is 18.2 Å². The lowest BCUT2D eigenvalue weighted by atomic mass is 9.98. The van der Waals surface area contributed by atoms with Gasteiger partial charge in [-0.1, -0.05) is 30.3 Å². The summed E-state index contributed by atoms with van der Waals surface area (Å²) in [5.74, 6) is -1.55. The summed E-state index contributed by atoms with van der Waals surface area (Å²) in [5, 5.41) is 15.1. The van der Waals surface area contributed by atoms with Gasteiger partial charge in [-0.25, -0.2) is 0 Å². The van der Waals surface area contributed by atoms with Crippen LogP contribution in [0.15, 0.2) is 30.3 Å². The molecule has 2 unspecified atom stereocenters. The first kappa shape index (κ1) is 13.5. The van der Waals surface area contributed by atoms with Gasteiger partial charge in [0, 0.05) is 13.1 Å². The van der Waals surface area contributed by atoms with Crippen molar-refractivity contribution >= 4 is 11.9 Å². The van der Waals surface area contributed by atoms with E-state index in [1.165, 1.54) is 0 Å². The molecule has 3 N–H and O–H groups in total. The second-order valence-corrected chi connectivity index (χ2v) is 4.70. The maximum absolute atomic E-state index is 11.6. The minimum atomic E-state index is -0.880. The summed E-state index contributed by atoms with van der Waals surface area (Å²) in [4.78, 5) is 22.9. The first-order chi connectivity index (χ1) is 9.18. The van der Waals surface area contributed by atoms with E-state index in [1.54, 1.807) is 12.1 Å².